The number of allylic oxidation sites excluding steroid dienone is 5. The molecule has 1 aliphatic carbocycles. The smallest absolute Gasteiger partial charge is 0.00278 e. The van der Waals surface area contributed by atoms with Crippen molar-refractivity contribution in [3.63, 3.8) is 0 Å². The van der Waals surface area contributed by atoms with Gasteiger partial charge in [-0.15, -0.1) is 0 Å². The van der Waals surface area contributed by atoms with E-state index in [0.29, 0.717) is 0 Å². The molecule has 0 unspecified atom stereocenters. The van der Waals surface area contributed by atoms with Crippen LogP contribution in [0.1, 0.15) is 47.0 Å². The topological polar surface area (TPSA) is 12.0 Å². The second kappa shape index (κ2) is 5.38. The summed E-state index contributed by atoms with van der Waals surface area (Å²) in [5.41, 5.74) is 4.62. The molecule has 0 radical (unpaired) electrons. The summed E-state index contributed by atoms with van der Waals surface area (Å²) in [5, 5.41) is 3.16. The second-order valence-electron chi connectivity index (χ2n) is 5.37. The SMILES string of the molecule is CC/C(=C\NC)C1=CCCC=C1C(C)(C)C. The highest BCUT2D eigenvalue weighted by atomic mass is 14.8. The molecular formula is C15H25N. The monoisotopic (exact) mass is 219 g/mol. The number of hydrogen-bond acceptors (Lipinski definition) is 1. The quantitative estimate of drug-likeness (QED) is 0.750. The largest absolute Gasteiger partial charge is 0.394 e. The average Bonchev–Trinajstić information content (AvgIpc) is 2.25. The lowest BCUT2D eigenvalue weighted by atomic mass is 9.76. The lowest BCUT2D eigenvalue weighted by molar-refractivity contribution is 0.505. The zero-order chi connectivity index (χ0) is 12.2. The molecule has 0 aromatic rings. The van der Waals surface area contributed by atoms with E-state index in [1.807, 2.05) is 7.05 Å². The molecule has 0 aromatic carbocycles. The van der Waals surface area contributed by atoms with E-state index < -0.39 is 0 Å². The Morgan fingerprint density at radius 1 is 1.31 bits per heavy atom. The molecule has 0 heterocycles. The Morgan fingerprint density at radius 3 is 2.44 bits per heavy atom. The van der Waals surface area contributed by atoms with E-state index in [1.54, 1.807) is 0 Å². The lowest BCUT2D eigenvalue weighted by Crippen LogP contribution is -2.15. The Hall–Kier alpha value is -0.980. The van der Waals surface area contributed by atoms with Gasteiger partial charge in [-0.3, -0.25) is 0 Å². The number of rotatable bonds is 3. The van der Waals surface area contributed by atoms with E-state index in [-0.39, 0.29) is 5.41 Å². The normalized spacial score (nSPS) is 17.9. The number of hydrogen-bond donors (Lipinski definition) is 1. The van der Waals surface area contributed by atoms with Crippen molar-refractivity contribution in [2.75, 3.05) is 7.05 Å². The van der Waals surface area contributed by atoms with Crippen LogP contribution in [0.4, 0.5) is 0 Å². The fraction of sp³-hybridized carbons (Fsp3) is 0.600. The first-order valence-electron chi connectivity index (χ1n) is 6.28. The Balaban J connectivity index is 3.06. The van der Waals surface area contributed by atoms with Crippen molar-refractivity contribution in [2.45, 2.75) is 47.0 Å². The molecule has 0 bridgehead atoms. The van der Waals surface area contributed by atoms with Crippen molar-refractivity contribution in [2.24, 2.45) is 5.41 Å². The molecule has 1 nitrogen and oxygen atoms in total. The van der Waals surface area contributed by atoms with Gasteiger partial charge in [-0.2, -0.15) is 0 Å². The van der Waals surface area contributed by atoms with Gasteiger partial charge in [-0.25, -0.2) is 0 Å². The molecule has 0 spiro atoms. The third-order valence-electron chi connectivity index (χ3n) is 3.01. The minimum absolute atomic E-state index is 0.244. The third-order valence-corrected chi connectivity index (χ3v) is 3.01. The van der Waals surface area contributed by atoms with E-state index >= 15 is 0 Å². The van der Waals surface area contributed by atoms with E-state index in [9.17, 15) is 0 Å². The molecule has 0 saturated carbocycles. The molecule has 1 rings (SSSR count). The molecule has 1 N–H and O–H groups in total. The summed E-state index contributed by atoms with van der Waals surface area (Å²) in [7, 11) is 1.97. The lowest BCUT2D eigenvalue weighted by Gasteiger charge is -2.29. The summed E-state index contributed by atoms with van der Waals surface area (Å²) in [6, 6.07) is 0. The van der Waals surface area contributed by atoms with E-state index in [2.05, 4.69) is 51.4 Å². The maximum absolute atomic E-state index is 3.16. The van der Waals surface area contributed by atoms with Gasteiger partial charge in [0.2, 0.25) is 0 Å². The van der Waals surface area contributed by atoms with Crippen LogP contribution in [0.15, 0.2) is 35.1 Å². The molecule has 1 aliphatic rings. The predicted octanol–water partition coefficient (Wildman–Crippen LogP) is 4.19. The highest BCUT2D eigenvalue weighted by Crippen LogP contribution is 2.38. The van der Waals surface area contributed by atoms with E-state index in [0.717, 1.165) is 6.42 Å². The highest BCUT2D eigenvalue weighted by molar-refractivity contribution is 5.50. The Kier molecular flexibility index (Phi) is 4.40. The average molecular weight is 219 g/mol. The van der Waals surface area contributed by atoms with Crippen LogP contribution in [-0.2, 0) is 0 Å². The zero-order valence-electron chi connectivity index (χ0n) is 11.4. The van der Waals surface area contributed by atoms with Crippen LogP contribution < -0.4 is 5.32 Å². The summed E-state index contributed by atoms with van der Waals surface area (Å²) in [6.07, 6.45) is 10.4. The van der Waals surface area contributed by atoms with E-state index in [1.165, 1.54) is 29.6 Å². The summed E-state index contributed by atoms with van der Waals surface area (Å²) >= 11 is 0. The first-order chi connectivity index (χ1) is 7.50. The molecule has 0 saturated heterocycles. The van der Waals surface area contributed by atoms with Crippen LogP contribution in [0.3, 0.4) is 0 Å². The zero-order valence-corrected chi connectivity index (χ0v) is 11.4. The van der Waals surface area contributed by atoms with Crippen LogP contribution in [0, 0.1) is 5.41 Å². The Bertz CT molecular complexity index is 324. The van der Waals surface area contributed by atoms with Crippen molar-refractivity contribution < 1.29 is 0 Å². The molecule has 90 valence electrons. The summed E-state index contributed by atoms with van der Waals surface area (Å²) in [4.78, 5) is 0. The van der Waals surface area contributed by atoms with Gasteiger partial charge in [0, 0.05) is 7.05 Å². The van der Waals surface area contributed by atoms with Crippen molar-refractivity contribution in [3.8, 4) is 0 Å². The van der Waals surface area contributed by atoms with Crippen LogP contribution in [0.25, 0.3) is 0 Å². The van der Waals surface area contributed by atoms with Gasteiger partial charge >= 0.3 is 0 Å². The first-order valence-corrected chi connectivity index (χ1v) is 6.28. The van der Waals surface area contributed by atoms with Crippen LogP contribution in [-0.4, -0.2) is 7.05 Å². The number of nitrogens with one attached hydrogen (secondary N) is 1. The molecule has 0 aromatic heterocycles. The maximum atomic E-state index is 3.16. The van der Waals surface area contributed by atoms with Gasteiger partial charge in [0.15, 0.2) is 0 Å². The summed E-state index contributed by atoms with van der Waals surface area (Å²) in [5.74, 6) is 0. The van der Waals surface area contributed by atoms with Gasteiger partial charge in [0.25, 0.3) is 0 Å². The fourth-order valence-corrected chi connectivity index (χ4v) is 2.23. The van der Waals surface area contributed by atoms with E-state index in [4.69, 9.17) is 0 Å². The molecule has 1 heteroatoms. The first kappa shape index (κ1) is 13.1. The van der Waals surface area contributed by atoms with Gasteiger partial charge in [-0.05, 0) is 47.6 Å². The highest BCUT2D eigenvalue weighted by Gasteiger charge is 2.23. The maximum Gasteiger partial charge on any atom is 0.00278 e. The van der Waals surface area contributed by atoms with Gasteiger partial charge in [0.05, 0.1) is 0 Å². The third kappa shape index (κ3) is 3.01. The molecular weight excluding hydrogens is 194 g/mol. The fourth-order valence-electron chi connectivity index (χ4n) is 2.23. The van der Waals surface area contributed by atoms with Crippen LogP contribution in [0.2, 0.25) is 0 Å². The van der Waals surface area contributed by atoms with Crippen molar-refractivity contribution in [1.29, 1.82) is 0 Å². The van der Waals surface area contributed by atoms with Gasteiger partial charge in [-0.1, -0.05) is 39.8 Å². The Morgan fingerprint density at radius 2 is 1.94 bits per heavy atom. The van der Waals surface area contributed by atoms with Crippen LogP contribution >= 0.6 is 0 Å². The summed E-state index contributed by atoms with van der Waals surface area (Å²) in [6.45, 7) is 9.11. The molecule has 0 aliphatic heterocycles. The predicted molar refractivity (Wildman–Crippen MR) is 72.3 cm³/mol. The molecule has 0 fully saturated rings. The van der Waals surface area contributed by atoms with Gasteiger partial charge in [0.1, 0.15) is 0 Å². The van der Waals surface area contributed by atoms with Crippen LogP contribution in [0.5, 0.6) is 0 Å². The molecule has 0 atom stereocenters. The summed E-state index contributed by atoms with van der Waals surface area (Å²) < 4.78 is 0. The Labute approximate surface area is 100 Å². The van der Waals surface area contributed by atoms with Crippen molar-refractivity contribution in [1.82, 2.24) is 5.32 Å². The van der Waals surface area contributed by atoms with Crippen molar-refractivity contribution >= 4 is 0 Å². The molecule has 0 amide bonds. The van der Waals surface area contributed by atoms with Gasteiger partial charge < -0.3 is 5.32 Å². The minimum Gasteiger partial charge on any atom is -0.394 e. The standard InChI is InChI=1S/C15H25N/c1-6-12(11-16-5)13-9-7-8-10-14(13)15(2,3)4/h9-11,16H,6-8H2,1-5H3/b12-11+. The molecule has 16 heavy (non-hydrogen) atoms. The second-order valence-corrected chi connectivity index (χ2v) is 5.37. The minimum atomic E-state index is 0.244. The van der Waals surface area contributed by atoms with Crippen molar-refractivity contribution in [3.05, 3.63) is 35.1 Å².